The Morgan fingerprint density at radius 3 is 2.72 bits per heavy atom. The lowest BCUT2D eigenvalue weighted by Crippen LogP contribution is -2.40. The van der Waals surface area contributed by atoms with E-state index >= 15 is 0 Å². The molecule has 2 aliphatic rings. The standard InChI is InChI=1S/C14H26N2O2/c1-2-12-5-3-6-13(12)16-8-4-7-15(9-10-16)11-14(17)18/h12-13H,2-11H2,1H3,(H,17,18). The largest absolute Gasteiger partial charge is 0.480 e. The molecule has 0 amide bonds. The summed E-state index contributed by atoms with van der Waals surface area (Å²) < 4.78 is 0. The molecule has 1 saturated heterocycles. The summed E-state index contributed by atoms with van der Waals surface area (Å²) in [7, 11) is 0. The van der Waals surface area contributed by atoms with E-state index in [2.05, 4.69) is 16.7 Å². The van der Waals surface area contributed by atoms with E-state index in [4.69, 9.17) is 5.11 Å². The summed E-state index contributed by atoms with van der Waals surface area (Å²) in [6, 6.07) is 0.764. The van der Waals surface area contributed by atoms with Crippen LogP contribution in [0.5, 0.6) is 0 Å². The second kappa shape index (κ2) is 6.53. The first kappa shape index (κ1) is 13.8. The molecule has 4 nitrogen and oxygen atoms in total. The Labute approximate surface area is 110 Å². The summed E-state index contributed by atoms with van der Waals surface area (Å²) >= 11 is 0. The molecule has 1 heterocycles. The summed E-state index contributed by atoms with van der Waals surface area (Å²) in [5.74, 6) is 0.173. The summed E-state index contributed by atoms with van der Waals surface area (Å²) in [5.41, 5.74) is 0. The number of rotatable bonds is 4. The molecule has 4 heteroatoms. The maximum atomic E-state index is 10.8. The van der Waals surface area contributed by atoms with E-state index in [-0.39, 0.29) is 6.54 Å². The highest BCUT2D eigenvalue weighted by atomic mass is 16.4. The number of carboxylic acids is 1. The van der Waals surface area contributed by atoms with Crippen molar-refractivity contribution in [3.05, 3.63) is 0 Å². The van der Waals surface area contributed by atoms with Crippen LogP contribution < -0.4 is 0 Å². The number of carbonyl (C=O) groups is 1. The summed E-state index contributed by atoms with van der Waals surface area (Å²) in [6.45, 7) is 6.56. The first-order valence-electron chi connectivity index (χ1n) is 7.39. The van der Waals surface area contributed by atoms with Gasteiger partial charge in [-0.3, -0.25) is 14.6 Å². The van der Waals surface area contributed by atoms with Gasteiger partial charge in [-0.2, -0.15) is 0 Å². The van der Waals surface area contributed by atoms with Crippen molar-refractivity contribution in [1.29, 1.82) is 0 Å². The number of hydrogen-bond donors (Lipinski definition) is 1. The molecule has 0 radical (unpaired) electrons. The van der Waals surface area contributed by atoms with Crippen LogP contribution in [-0.4, -0.2) is 59.6 Å². The fourth-order valence-corrected chi connectivity index (χ4v) is 3.65. The smallest absolute Gasteiger partial charge is 0.317 e. The van der Waals surface area contributed by atoms with Crippen molar-refractivity contribution in [3.8, 4) is 0 Å². The molecule has 0 aromatic rings. The monoisotopic (exact) mass is 254 g/mol. The normalized spacial score (nSPS) is 31.4. The third-order valence-corrected chi connectivity index (χ3v) is 4.59. The molecule has 2 unspecified atom stereocenters. The Kier molecular flexibility index (Phi) is 5.01. The molecule has 18 heavy (non-hydrogen) atoms. The minimum absolute atomic E-state index is 0.204. The Bertz CT molecular complexity index is 283. The molecule has 104 valence electrons. The van der Waals surface area contributed by atoms with Crippen molar-refractivity contribution >= 4 is 5.97 Å². The SMILES string of the molecule is CCC1CCCC1N1CCCN(CC(=O)O)CC1. The average molecular weight is 254 g/mol. The summed E-state index contributed by atoms with van der Waals surface area (Å²) in [5, 5.41) is 8.86. The van der Waals surface area contributed by atoms with E-state index in [0.717, 1.165) is 44.6 Å². The van der Waals surface area contributed by atoms with Crippen LogP contribution in [0.15, 0.2) is 0 Å². The highest BCUT2D eigenvalue weighted by molar-refractivity contribution is 5.69. The van der Waals surface area contributed by atoms with Gasteiger partial charge in [-0.15, -0.1) is 0 Å². The zero-order chi connectivity index (χ0) is 13.0. The van der Waals surface area contributed by atoms with Crippen LogP contribution in [-0.2, 0) is 4.79 Å². The van der Waals surface area contributed by atoms with Gasteiger partial charge in [0.1, 0.15) is 0 Å². The van der Waals surface area contributed by atoms with Crippen LogP contribution in [0, 0.1) is 5.92 Å². The zero-order valence-electron chi connectivity index (χ0n) is 11.5. The van der Waals surface area contributed by atoms with Crippen molar-refractivity contribution in [2.45, 2.75) is 45.1 Å². The molecule has 1 N–H and O–H groups in total. The van der Waals surface area contributed by atoms with Gasteiger partial charge < -0.3 is 5.11 Å². The molecule has 1 aliphatic heterocycles. The lowest BCUT2D eigenvalue weighted by molar-refractivity contribution is -0.138. The van der Waals surface area contributed by atoms with Crippen LogP contribution in [0.1, 0.15) is 39.0 Å². The van der Waals surface area contributed by atoms with Crippen molar-refractivity contribution in [3.63, 3.8) is 0 Å². The van der Waals surface area contributed by atoms with Gasteiger partial charge in [-0.1, -0.05) is 19.8 Å². The Morgan fingerprint density at radius 1 is 1.17 bits per heavy atom. The molecule has 0 aromatic heterocycles. The second-order valence-corrected chi connectivity index (χ2v) is 5.73. The van der Waals surface area contributed by atoms with Crippen LogP contribution in [0.25, 0.3) is 0 Å². The molecular formula is C14H26N2O2. The third kappa shape index (κ3) is 3.45. The second-order valence-electron chi connectivity index (χ2n) is 5.73. The van der Waals surface area contributed by atoms with Crippen molar-refractivity contribution in [1.82, 2.24) is 9.80 Å². The van der Waals surface area contributed by atoms with Gasteiger partial charge in [0.2, 0.25) is 0 Å². The summed E-state index contributed by atoms with van der Waals surface area (Å²) in [4.78, 5) is 15.5. The fraction of sp³-hybridized carbons (Fsp3) is 0.929. The van der Waals surface area contributed by atoms with E-state index in [0.29, 0.717) is 0 Å². The molecule has 2 fully saturated rings. The maximum absolute atomic E-state index is 10.8. The van der Waals surface area contributed by atoms with E-state index in [9.17, 15) is 4.79 Å². The fourth-order valence-electron chi connectivity index (χ4n) is 3.65. The first-order chi connectivity index (χ1) is 8.70. The molecule has 0 spiro atoms. The molecule has 0 bridgehead atoms. The Hall–Kier alpha value is -0.610. The minimum Gasteiger partial charge on any atom is -0.480 e. The lowest BCUT2D eigenvalue weighted by Gasteiger charge is -2.31. The van der Waals surface area contributed by atoms with Gasteiger partial charge in [0, 0.05) is 25.7 Å². The van der Waals surface area contributed by atoms with Crippen LogP contribution in [0.4, 0.5) is 0 Å². The van der Waals surface area contributed by atoms with Crippen LogP contribution in [0.2, 0.25) is 0 Å². The molecule has 0 aromatic carbocycles. The van der Waals surface area contributed by atoms with Crippen molar-refractivity contribution in [2.24, 2.45) is 5.92 Å². The van der Waals surface area contributed by atoms with E-state index in [1.165, 1.54) is 25.7 Å². The van der Waals surface area contributed by atoms with Crippen molar-refractivity contribution < 1.29 is 9.90 Å². The van der Waals surface area contributed by atoms with Gasteiger partial charge in [0.15, 0.2) is 0 Å². The van der Waals surface area contributed by atoms with E-state index < -0.39 is 5.97 Å². The summed E-state index contributed by atoms with van der Waals surface area (Å²) in [6.07, 6.45) is 6.51. The van der Waals surface area contributed by atoms with Gasteiger partial charge in [-0.05, 0) is 31.7 Å². The zero-order valence-corrected chi connectivity index (χ0v) is 11.5. The molecule has 2 atom stereocenters. The molecule has 1 aliphatic carbocycles. The van der Waals surface area contributed by atoms with Gasteiger partial charge >= 0.3 is 5.97 Å². The molecule has 2 rings (SSSR count). The highest BCUT2D eigenvalue weighted by Gasteiger charge is 2.31. The first-order valence-corrected chi connectivity index (χ1v) is 7.39. The van der Waals surface area contributed by atoms with E-state index in [1.54, 1.807) is 0 Å². The number of hydrogen-bond acceptors (Lipinski definition) is 3. The number of nitrogens with zero attached hydrogens (tertiary/aromatic N) is 2. The third-order valence-electron chi connectivity index (χ3n) is 4.59. The molecule has 1 saturated carbocycles. The molecular weight excluding hydrogens is 228 g/mol. The predicted octanol–water partition coefficient (Wildman–Crippen LogP) is 1.66. The van der Waals surface area contributed by atoms with E-state index in [1.807, 2.05) is 0 Å². The Balaban J connectivity index is 1.86. The maximum Gasteiger partial charge on any atom is 0.317 e. The Morgan fingerprint density at radius 2 is 2.00 bits per heavy atom. The van der Waals surface area contributed by atoms with Crippen LogP contribution in [0.3, 0.4) is 0 Å². The van der Waals surface area contributed by atoms with Gasteiger partial charge in [0.25, 0.3) is 0 Å². The van der Waals surface area contributed by atoms with Crippen molar-refractivity contribution in [2.75, 3.05) is 32.7 Å². The highest BCUT2D eigenvalue weighted by Crippen LogP contribution is 2.32. The van der Waals surface area contributed by atoms with Gasteiger partial charge in [-0.25, -0.2) is 0 Å². The quantitative estimate of drug-likeness (QED) is 0.828. The number of carboxylic acid groups (broad SMARTS) is 1. The number of aliphatic carboxylic acids is 1. The lowest BCUT2D eigenvalue weighted by atomic mass is 9.99. The van der Waals surface area contributed by atoms with Crippen LogP contribution >= 0.6 is 0 Å². The topological polar surface area (TPSA) is 43.8 Å². The predicted molar refractivity (Wildman–Crippen MR) is 71.7 cm³/mol. The minimum atomic E-state index is -0.698. The average Bonchev–Trinajstić information content (AvgIpc) is 2.69. The van der Waals surface area contributed by atoms with Gasteiger partial charge in [0.05, 0.1) is 6.54 Å².